The van der Waals surface area contributed by atoms with Gasteiger partial charge in [-0.25, -0.2) is 0 Å². The van der Waals surface area contributed by atoms with Gasteiger partial charge in [-0.3, -0.25) is 0 Å². The molecule has 0 fully saturated rings. The van der Waals surface area contributed by atoms with Gasteiger partial charge in [-0.15, -0.1) is 13.2 Å². The molecule has 0 amide bonds. The van der Waals surface area contributed by atoms with Crippen LogP contribution in [-0.2, 0) is 4.74 Å². The molecule has 0 saturated heterocycles. The molecule has 4 heteroatoms. The Kier molecular flexibility index (Phi) is 3.44. The van der Waals surface area contributed by atoms with Crippen LogP contribution in [0.5, 0.6) is 0 Å². The molecule has 0 aromatic rings. The van der Waals surface area contributed by atoms with E-state index in [9.17, 15) is 13.2 Å². The third-order valence-electron chi connectivity index (χ3n) is 0.717. The van der Waals surface area contributed by atoms with Gasteiger partial charge < -0.3 is 4.74 Å². The number of allylic oxidation sites excluding steroid dienone is 3. The normalized spacial score (nSPS) is 12.5. The minimum atomic E-state index is -4.66. The predicted molar refractivity (Wildman–Crippen MR) is 35.6 cm³/mol. The summed E-state index contributed by atoms with van der Waals surface area (Å²) in [6.45, 7) is 6.33. The summed E-state index contributed by atoms with van der Waals surface area (Å²) in [6, 6.07) is 0. The van der Waals surface area contributed by atoms with Gasteiger partial charge in [0.1, 0.15) is 5.76 Å². The lowest BCUT2D eigenvalue weighted by Gasteiger charge is -2.07. The lowest BCUT2D eigenvalue weighted by Crippen LogP contribution is -2.11. The van der Waals surface area contributed by atoms with Crippen LogP contribution in [0, 0.1) is 0 Å². The van der Waals surface area contributed by atoms with Crippen LogP contribution >= 0.6 is 0 Å². The van der Waals surface area contributed by atoms with E-state index in [4.69, 9.17) is 0 Å². The number of hydrogen-bond donors (Lipinski definition) is 0. The van der Waals surface area contributed by atoms with Gasteiger partial charge in [0.05, 0.1) is 0 Å². The monoisotopic (exact) mass is 164 g/mol. The maximum Gasteiger partial charge on any atom is 0.573 e. The molecule has 0 spiro atoms. The number of halogens is 3. The summed E-state index contributed by atoms with van der Waals surface area (Å²) in [5.74, 6) is -0.368. The highest BCUT2D eigenvalue weighted by Gasteiger charge is 2.31. The SMILES string of the molecule is C=C/C=C(\C=C)OC(F)(F)F. The van der Waals surface area contributed by atoms with Crippen LogP contribution in [-0.4, -0.2) is 6.36 Å². The molecular weight excluding hydrogens is 157 g/mol. The number of hydrogen-bond acceptors (Lipinski definition) is 1. The maximum atomic E-state index is 11.5. The third-order valence-corrected chi connectivity index (χ3v) is 0.717. The average molecular weight is 164 g/mol. The van der Waals surface area contributed by atoms with Gasteiger partial charge >= 0.3 is 6.36 Å². The van der Waals surface area contributed by atoms with Crippen molar-refractivity contribution in [1.82, 2.24) is 0 Å². The Morgan fingerprint density at radius 1 is 1.27 bits per heavy atom. The van der Waals surface area contributed by atoms with Crippen molar-refractivity contribution in [2.45, 2.75) is 6.36 Å². The second-order valence-electron chi connectivity index (χ2n) is 1.56. The van der Waals surface area contributed by atoms with Crippen molar-refractivity contribution in [3.63, 3.8) is 0 Å². The molecule has 0 aromatic carbocycles. The van der Waals surface area contributed by atoms with Gasteiger partial charge in [-0.1, -0.05) is 19.2 Å². The van der Waals surface area contributed by atoms with Gasteiger partial charge in [0.25, 0.3) is 0 Å². The molecule has 0 aliphatic carbocycles. The fraction of sp³-hybridized carbons (Fsp3) is 0.143. The number of rotatable bonds is 3. The maximum absolute atomic E-state index is 11.5. The van der Waals surface area contributed by atoms with Crippen molar-refractivity contribution >= 4 is 0 Å². The molecule has 0 N–H and O–H groups in total. The standard InChI is InChI=1S/C7H7F3O/c1-3-5-6(4-2)11-7(8,9)10/h3-5H,1-2H2/b6-5+. The van der Waals surface area contributed by atoms with E-state index in [0.29, 0.717) is 0 Å². The van der Waals surface area contributed by atoms with Crippen molar-refractivity contribution in [3.8, 4) is 0 Å². The Morgan fingerprint density at radius 2 is 1.82 bits per heavy atom. The molecule has 1 nitrogen and oxygen atoms in total. The fourth-order valence-corrected chi connectivity index (χ4v) is 0.394. The minimum absolute atomic E-state index is 0.368. The summed E-state index contributed by atoms with van der Waals surface area (Å²) >= 11 is 0. The van der Waals surface area contributed by atoms with E-state index in [-0.39, 0.29) is 5.76 Å². The molecule has 0 saturated carbocycles. The summed E-state index contributed by atoms with van der Waals surface area (Å²) < 4.78 is 37.9. The van der Waals surface area contributed by atoms with Gasteiger partial charge in [0.15, 0.2) is 0 Å². The molecule has 0 rings (SSSR count). The largest absolute Gasteiger partial charge is 0.573 e. The summed E-state index contributed by atoms with van der Waals surface area (Å²) in [7, 11) is 0. The average Bonchev–Trinajstić information content (AvgIpc) is 1.84. The van der Waals surface area contributed by atoms with Crippen molar-refractivity contribution < 1.29 is 17.9 Å². The zero-order valence-electron chi connectivity index (χ0n) is 5.69. The second-order valence-corrected chi connectivity index (χ2v) is 1.56. The molecule has 0 aliphatic rings. The lowest BCUT2D eigenvalue weighted by atomic mass is 10.4. The van der Waals surface area contributed by atoms with Crippen LogP contribution in [0.25, 0.3) is 0 Å². The molecule has 0 radical (unpaired) electrons. The number of alkyl halides is 3. The van der Waals surface area contributed by atoms with E-state index in [2.05, 4.69) is 17.9 Å². The molecule has 62 valence electrons. The van der Waals surface area contributed by atoms with E-state index in [1.54, 1.807) is 0 Å². The quantitative estimate of drug-likeness (QED) is 0.460. The summed E-state index contributed by atoms with van der Waals surface area (Å²) in [5.41, 5.74) is 0. The molecule has 0 bridgehead atoms. The zero-order chi connectivity index (χ0) is 8.91. The van der Waals surface area contributed by atoms with Crippen molar-refractivity contribution in [2.75, 3.05) is 0 Å². The van der Waals surface area contributed by atoms with E-state index in [0.717, 1.165) is 12.2 Å². The van der Waals surface area contributed by atoms with Gasteiger partial charge in [0.2, 0.25) is 0 Å². The summed E-state index contributed by atoms with van der Waals surface area (Å²) in [6.07, 6.45) is -1.46. The second kappa shape index (κ2) is 3.85. The van der Waals surface area contributed by atoms with Crippen molar-refractivity contribution in [3.05, 3.63) is 37.1 Å². The van der Waals surface area contributed by atoms with Crippen LogP contribution in [0.3, 0.4) is 0 Å². The van der Waals surface area contributed by atoms with Crippen LogP contribution < -0.4 is 0 Å². The number of ether oxygens (including phenoxy) is 1. The lowest BCUT2D eigenvalue weighted by molar-refractivity contribution is -0.303. The van der Waals surface area contributed by atoms with E-state index in [1.807, 2.05) is 0 Å². The molecule has 0 unspecified atom stereocenters. The van der Waals surface area contributed by atoms with E-state index < -0.39 is 6.36 Å². The van der Waals surface area contributed by atoms with Crippen LogP contribution in [0.15, 0.2) is 37.1 Å². The van der Waals surface area contributed by atoms with Gasteiger partial charge in [-0.2, -0.15) is 0 Å². The predicted octanol–water partition coefficient (Wildman–Crippen LogP) is 2.78. The highest BCUT2D eigenvalue weighted by Crippen LogP contribution is 2.20. The molecule has 0 aromatic heterocycles. The molecule has 0 heterocycles. The Morgan fingerprint density at radius 3 is 2.09 bits per heavy atom. The van der Waals surface area contributed by atoms with E-state index in [1.165, 1.54) is 6.08 Å². The van der Waals surface area contributed by atoms with Gasteiger partial charge in [-0.05, 0) is 12.2 Å². The smallest absolute Gasteiger partial charge is 0.406 e. The third kappa shape index (κ3) is 5.26. The highest BCUT2D eigenvalue weighted by atomic mass is 19.4. The van der Waals surface area contributed by atoms with Crippen LogP contribution in [0.2, 0.25) is 0 Å². The molecule has 0 aliphatic heterocycles. The Bertz CT molecular complexity index is 179. The molecular formula is C7H7F3O. The molecule has 0 atom stereocenters. The van der Waals surface area contributed by atoms with E-state index >= 15 is 0 Å². The highest BCUT2D eigenvalue weighted by molar-refractivity contribution is 5.14. The Balaban J connectivity index is 4.20. The van der Waals surface area contributed by atoms with Crippen LogP contribution in [0.1, 0.15) is 0 Å². The van der Waals surface area contributed by atoms with Crippen molar-refractivity contribution in [1.29, 1.82) is 0 Å². The first-order valence-electron chi connectivity index (χ1n) is 2.70. The first-order chi connectivity index (χ1) is 4.99. The molecule has 11 heavy (non-hydrogen) atoms. The van der Waals surface area contributed by atoms with Gasteiger partial charge in [0, 0.05) is 0 Å². The summed E-state index contributed by atoms with van der Waals surface area (Å²) in [4.78, 5) is 0. The van der Waals surface area contributed by atoms with Crippen molar-refractivity contribution in [2.24, 2.45) is 0 Å². The topological polar surface area (TPSA) is 9.23 Å². The Labute approximate surface area is 62.5 Å². The fourth-order valence-electron chi connectivity index (χ4n) is 0.394. The minimum Gasteiger partial charge on any atom is -0.406 e. The van der Waals surface area contributed by atoms with Crippen LogP contribution in [0.4, 0.5) is 13.2 Å². The first kappa shape index (κ1) is 9.81. The first-order valence-corrected chi connectivity index (χ1v) is 2.70. The Hall–Kier alpha value is -1.19. The zero-order valence-corrected chi connectivity index (χ0v) is 5.69. The summed E-state index contributed by atoms with van der Waals surface area (Å²) in [5, 5.41) is 0.